The van der Waals surface area contributed by atoms with E-state index >= 15 is 0 Å². The molecule has 1 heterocycles. The lowest BCUT2D eigenvalue weighted by Gasteiger charge is -2.20. The highest BCUT2D eigenvalue weighted by molar-refractivity contribution is 5.93. The van der Waals surface area contributed by atoms with Gasteiger partial charge in [-0.15, -0.1) is 0 Å². The summed E-state index contributed by atoms with van der Waals surface area (Å²) in [4.78, 5) is 12.1. The summed E-state index contributed by atoms with van der Waals surface area (Å²) < 4.78 is 0. The molecule has 1 saturated carbocycles. The molecule has 0 bridgehead atoms. The Bertz CT molecular complexity index is 450. The SMILES string of the molecule is O=C(Nc1ccc2c(c1)CCN2)C1CCCCC1. The van der Waals surface area contributed by atoms with E-state index < -0.39 is 0 Å². The van der Waals surface area contributed by atoms with Gasteiger partial charge in [0.05, 0.1) is 0 Å². The molecule has 1 aromatic carbocycles. The molecule has 96 valence electrons. The highest BCUT2D eigenvalue weighted by Gasteiger charge is 2.21. The number of carbonyl (C=O) groups is 1. The predicted octanol–water partition coefficient (Wildman–Crippen LogP) is 3.17. The van der Waals surface area contributed by atoms with Crippen molar-refractivity contribution >= 4 is 17.3 Å². The van der Waals surface area contributed by atoms with Crippen LogP contribution in [0.25, 0.3) is 0 Å². The summed E-state index contributed by atoms with van der Waals surface area (Å²) in [7, 11) is 0. The summed E-state index contributed by atoms with van der Waals surface area (Å²) in [6.07, 6.45) is 6.85. The molecule has 18 heavy (non-hydrogen) atoms. The lowest BCUT2D eigenvalue weighted by Crippen LogP contribution is -2.24. The van der Waals surface area contributed by atoms with E-state index in [0.29, 0.717) is 0 Å². The first-order chi connectivity index (χ1) is 8.83. The van der Waals surface area contributed by atoms with Gasteiger partial charge in [-0.2, -0.15) is 0 Å². The number of fused-ring (bicyclic) bond motifs is 1. The molecule has 0 unspecified atom stereocenters. The maximum absolute atomic E-state index is 12.1. The second-order valence-corrected chi connectivity index (χ2v) is 5.37. The summed E-state index contributed by atoms with van der Waals surface area (Å²) >= 11 is 0. The minimum absolute atomic E-state index is 0.209. The molecule has 3 nitrogen and oxygen atoms in total. The first-order valence-corrected chi connectivity index (χ1v) is 7.00. The molecule has 0 saturated heterocycles. The van der Waals surface area contributed by atoms with Gasteiger partial charge in [-0.25, -0.2) is 0 Å². The normalized spacial score (nSPS) is 19.1. The quantitative estimate of drug-likeness (QED) is 0.839. The fourth-order valence-corrected chi connectivity index (χ4v) is 2.99. The predicted molar refractivity (Wildman–Crippen MR) is 73.8 cm³/mol. The van der Waals surface area contributed by atoms with Crippen molar-refractivity contribution in [3.05, 3.63) is 23.8 Å². The van der Waals surface area contributed by atoms with Gasteiger partial charge in [-0.05, 0) is 43.0 Å². The molecule has 1 fully saturated rings. The van der Waals surface area contributed by atoms with Crippen LogP contribution >= 0.6 is 0 Å². The molecule has 3 heteroatoms. The highest BCUT2D eigenvalue weighted by atomic mass is 16.1. The maximum atomic E-state index is 12.1. The first kappa shape index (κ1) is 11.6. The van der Waals surface area contributed by atoms with E-state index in [1.807, 2.05) is 6.07 Å². The van der Waals surface area contributed by atoms with Crippen LogP contribution < -0.4 is 10.6 Å². The van der Waals surface area contributed by atoms with Gasteiger partial charge in [0, 0.05) is 23.8 Å². The third kappa shape index (κ3) is 2.35. The summed E-state index contributed by atoms with van der Waals surface area (Å²) in [6, 6.07) is 6.17. The average molecular weight is 244 g/mol. The van der Waals surface area contributed by atoms with Crippen LogP contribution in [0.1, 0.15) is 37.7 Å². The molecule has 0 atom stereocenters. The molecule has 3 rings (SSSR count). The molecule has 1 aliphatic heterocycles. The molecule has 0 aromatic heterocycles. The topological polar surface area (TPSA) is 41.1 Å². The van der Waals surface area contributed by atoms with E-state index in [2.05, 4.69) is 22.8 Å². The molecular formula is C15H20N2O. The molecule has 2 N–H and O–H groups in total. The Hall–Kier alpha value is -1.51. The average Bonchev–Trinajstić information content (AvgIpc) is 2.87. The highest BCUT2D eigenvalue weighted by Crippen LogP contribution is 2.27. The third-order valence-corrected chi connectivity index (χ3v) is 4.06. The fourth-order valence-electron chi connectivity index (χ4n) is 2.99. The zero-order valence-corrected chi connectivity index (χ0v) is 10.7. The van der Waals surface area contributed by atoms with Crippen LogP contribution in [-0.2, 0) is 11.2 Å². The van der Waals surface area contributed by atoms with Crippen LogP contribution in [0.4, 0.5) is 11.4 Å². The number of hydrogen-bond donors (Lipinski definition) is 2. The van der Waals surface area contributed by atoms with E-state index in [-0.39, 0.29) is 11.8 Å². The van der Waals surface area contributed by atoms with Gasteiger partial charge in [0.1, 0.15) is 0 Å². The van der Waals surface area contributed by atoms with Gasteiger partial charge in [0.25, 0.3) is 0 Å². The van der Waals surface area contributed by atoms with Crippen molar-refractivity contribution in [1.82, 2.24) is 0 Å². The Morgan fingerprint density at radius 3 is 2.89 bits per heavy atom. The van der Waals surface area contributed by atoms with Crippen molar-refractivity contribution in [3.63, 3.8) is 0 Å². The number of nitrogens with one attached hydrogen (secondary N) is 2. The van der Waals surface area contributed by atoms with Crippen molar-refractivity contribution in [2.24, 2.45) is 5.92 Å². The smallest absolute Gasteiger partial charge is 0.227 e. The van der Waals surface area contributed by atoms with Crippen LogP contribution in [-0.4, -0.2) is 12.5 Å². The molecule has 1 amide bonds. The Morgan fingerprint density at radius 2 is 2.06 bits per heavy atom. The van der Waals surface area contributed by atoms with Crippen molar-refractivity contribution in [3.8, 4) is 0 Å². The first-order valence-electron chi connectivity index (χ1n) is 7.00. The molecule has 1 aromatic rings. The standard InChI is InChI=1S/C15H20N2O/c18-15(11-4-2-1-3-5-11)17-13-6-7-14-12(10-13)8-9-16-14/h6-7,10-11,16H,1-5,8-9H2,(H,17,18). The minimum atomic E-state index is 0.209. The van der Waals surface area contributed by atoms with Crippen molar-refractivity contribution < 1.29 is 4.79 Å². The Morgan fingerprint density at radius 1 is 1.22 bits per heavy atom. The monoisotopic (exact) mass is 244 g/mol. The molecule has 1 aliphatic carbocycles. The summed E-state index contributed by atoms with van der Waals surface area (Å²) in [5.41, 5.74) is 3.48. The Balaban J connectivity index is 1.66. The van der Waals surface area contributed by atoms with Crippen molar-refractivity contribution in [1.29, 1.82) is 0 Å². The lowest BCUT2D eigenvalue weighted by molar-refractivity contribution is -0.120. The van der Waals surface area contributed by atoms with Gasteiger partial charge in [-0.3, -0.25) is 4.79 Å². The molecule has 0 spiro atoms. The zero-order valence-electron chi connectivity index (χ0n) is 10.7. The third-order valence-electron chi connectivity index (χ3n) is 4.06. The largest absolute Gasteiger partial charge is 0.384 e. The second kappa shape index (κ2) is 5.01. The van der Waals surface area contributed by atoms with Gasteiger partial charge < -0.3 is 10.6 Å². The number of carbonyl (C=O) groups excluding carboxylic acids is 1. The van der Waals surface area contributed by atoms with Crippen LogP contribution in [0.3, 0.4) is 0 Å². The van der Waals surface area contributed by atoms with Crippen LogP contribution in [0.2, 0.25) is 0 Å². The number of anilines is 2. The van der Waals surface area contributed by atoms with Gasteiger partial charge >= 0.3 is 0 Å². The second-order valence-electron chi connectivity index (χ2n) is 5.37. The van der Waals surface area contributed by atoms with E-state index in [1.54, 1.807) is 0 Å². The Kier molecular flexibility index (Phi) is 3.22. The number of rotatable bonds is 2. The number of amides is 1. The number of benzene rings is 1. The van der Waals surface area contributed by atoms with Crippen molar-refractivity contribution in [2.45, 2.75) is 38.5 Å². The maximum Gasteiger partial charge on any atom is 0.227 e. The summed E-state index contributed by atoms with van der Waals surface area (Å²) in [5, 5.41) is 6.41. The number of hydrogen-bond acceptors (Lipinski definition) is 2. The van der Waals surface area contributed by atoms with Crippen LogP contribution in [0.5, 0.6) is 0 Å². The van der Waals surface area contributed by atoms with Gasteiger partial charge in [-0.1, -0.05) is 19.3 Å². The molecular weight excluding hydrogens is 224 g/mol. The minimum Gasteiger partial charge on any atom is -0.384 e. The van der Waals surface area contributed by atoms with Crippen LogP contribution in [0, 0.1) is 5.92 Å². The van der Waals surface area contributed by atoms with E-state index in [9.17, 15) is 4.79 Å². The fraction of sp³-hybridized carbons (Fsp3) is 0.533. The van der Waals surface area contributed by atoms with Crippen LogP contribution in [0.15, 0.2) is 18.2 Å². The van der Waals surface area contributed by atoms with Gasteiger partial charge in [0.15, 0.2) is 0 Å². The molecule has 2 aliphatic rings. The molecule has 0 radical (unpaired) electrons. The van der Waals surface area contributed by atoms with Gasteiger partial charge in [0.2, 0.25) is 5.91 Å². The van der Waals surface area contributed by atoms with Crippen molar-refractivity contribution in [2.75, 3.05) is 17.2 Å². The van der Waals surface area contributed by atoms with E-state index in [1.165, 1.54) is 30.5 Å². The Labute approximate surface area is 108 Å². The van der Waals surface area contributed by atoms with E-state index in [4.69, 9.17) is 0 Å². The summed E-state index contributed by atoms with van der Waals surface area (Å²) in [5.74, 6) is 0.436. The summed E-state index contributed by atoms with van der Waals surface area (Å²) in [6.45, 7) is 1.01. The zero-order chi connectivity index (χ0) is 12.4. The lowest BCUT2D eigenvalue weighted by atomic mass is 9.88. The van der Waals surface area contributed by atoms with E-state index in [0.717, 1.165) is 31.5 Å².